The van der Waals surface area contributed by atoms with Crippen molar-refractivity contribution in [3.63, 3.8) is 0 Å². The van der Waals surface area contributed by atoms with Gasteiger partial charge in [0.1, 0.15) is 6.10 Å². The third kappa shape index (κ3) is 9.68. The van der Waals surface area contributed by atoms with E-state index in [1.54, 1.807) is 6.92 Å². The molecule has 1 unspecified atom stereocenters. The molecule has 19 heavy (non-hydrogen) atoms. The van der Waals surface area contributed by atoms with Gasteiger partial charge in [0.2, 0.25) is 0 Å². The molecule has 1 rings (SSSR count). The van der Waals surface area contributed by atoms with Gasteiger partial charge in [-0.15, -0.1) is 0 Å². The SMILES string of the molecule is C=C(C)C(=O)OCCCCCCCCOCC1CO1. The minimum Gasteiger partial charge on any atom is -0.462 e. The van der Waals surface area contributed by atoms with Crippen LogP contribution in [-0.2, 0) is 19.0 Å². The van der Waals surface area contributed by atoms with E-state index >= 15 is 0 Å². The molecule has 1 aliphatic rings. The normalized spacial score (nSPS) is 17.2. The monoisotopic (exact) mass is 270 g/mol. The van der Waals surface area contributed by atoms with Crippen molar-refractivity contribution in [1.82, 2.24) is 0 Å². The van der Waals surface area contributed by atoms with E-state index in [-0.39, 0.29) is 5.97 Å². The van der Waals surface area contributed by atoms with Crippen molar-refractivity contribution in [3.05, 3.63) is 12.2 Å². The van der Waals surface area contributed by atoms with Gasteiger partial charge < -0.3 is 14.2 Å². The van der Waals surface area contributed by atoms with Crippen molar-refractivity contribution in [1.29, 1.82) is 0 Å². The van der Waals surface area contributed by atoms with Crippen LogP contribution in [-0.4, -0.2) is 38.5 Å². The second kappa shape index (κ2) is 9.98. The average molecular weight is 270 g/mol. The first-order valence-electron chi connectivity index (χ1n) is 7.22. The largest absolute Gasteiger partial charge is 0.462 e. The van der Waals surface area contributed by atoms with E-state index in [2.05, 4.69) is 6.58 Å². The predicted octanol–water partition coefficient (Wildman–Crippen LogP) is 2.86. The number of esters is 1. The van der Waals surface area contributed by atoms with Gasteiger partial charge in [-0.05, 0) is 19.8 Å². The van der Waals surface area contributed by atoms with E-state index < -0.39 is 0 Å². The highest BCUT2D eigenvalue weighted by Crippen LogP contribution is 2.10. The lowest BCUT2D eigenvalue weighted by Crippen LogP contribution is -2.06. The summed E-state index contributed by atoms with van der Waals surface area (Å²) in [6.45, 7) is 8.19. The third-order valence-electron chi connectivity index (χ3n) is 2.97. The molecule has 0 saturated carbocycles. The van der Waals surface area contributed by atoms with E-state index in [1.807, 2.05) is 0 Å². The Bertz CT molecular complexity index is 271. The summed E-state index contributed by atoms with van der Waals surface area (Å²) in [6, 6.07) is 0. The van der Waals surface area contributed by atoms with Crippen LogP contribution in [0, 0.1) is 0 Å². The Labute approximate surface area is 116 Å². The van der Waals surface area contributed by atoms with E-state index in [0.717, 1.165) is 39.1 Å². The minimum atomic E-state index is -0.281. The third-order valence-corrected chi connectivity index (χ3v) is 2.97. The molecule has 1 aliphatic heterocycles. The minimum absolute atomic E-state index is 0.281. The number of carbonyl (C=O) groups excluding carboxylic acids is 1. The number of ether oxygens (including phenoxy) is 3. The summed E-state index contributed by atoms with van der Waals surface area (Å²) in [7, 11) is 0. The lowest BCUT2D eigenvalue weighted by atomic mass is 10.1. The maximum absolute atomic E-state index is 11.1. The van der Waals surface area contributed by atoms with Crippen LogP contribution in [0.25, 0.3) is 0 Å². The number of unbranched alkanes of at least 4 members (excludes halogenated alkanes) is 5. The highest BCUT2D eigenvalue weighted by Gasteiger charge is 2.21. The molecule has 4 nitrogen and oxygen atoms in total. The highest BCUT2D eigenvalue weighted by molar-refractivity contribution is 5.86. The number of carbonyl (C=O) groups is 1. The van der Waals surface area contributed by atoms with E-state index in [9.17, 15) is 4.79 Å². The molecule has 0 bridgehead atoms. The van der Waals surface area contributed by atoms with Gasteiger partial charge in [-0.2, -0.15) is 0 Å². The molecule has 0 aromatic carbocycles. The number of hydrogen-bond acceptors (Lipinski definition) is 4. The first-order valence-corrected chi connectivity index (χ1v) is 7.22. The second-order valence-electron chi connectivity index (χ2n) is 5.07. The van der Waals surface area contributed by atoms with Gasteiger partial charge in [0.15, 0.2) is 0 Å². The van der Waals surface area contributed by atoms with Crippen molar-refractivity contribution < 1.29 is 19.0 Å². The van der Waals surface area contributed by atoms with Crippen molar-refractivity contribution in [2.45, 2.75) is 51.6 Å². The van der Waals surface area contributed by atoms with Crippen LogP contribution in [0.2, 0.25) is 0 Å². The summed E-state index contributed by atoms with van der Waals surface area (Å²) in [6.07, 6.45) is 7.17. The fourth-order valence-electron chi connectivity index (χ4n) is 1.68. The summed E-state index contributed by atoms with van der Waals surface area (Å²) in [5.41, 5.74) is 0.469. The highest BCUT2D eigenvalue weighted by atomic mass is 16.6. The summed E-state index contributed by atoms with van der Waals surface area (Å²) < 4.78 is 15.5. The van der Waals surface area contributed by atoms with E-state index in [1.165, 1.54) is 19.3 Å². The maximum Gasteiger partial charge on any atom is 0.333 e. The molecule has 0 N–H and O–H groups in total. The Kier molecular flexibility index (Phi) is 8.50. The van der Waals surface area contributed by atoms with Gasteiger partial charge in [-0.25, -0.2) is 4.79 Å². The smallest absolute Gasteiger partial charge is 0.333 e. The zero-order valence-corrected chi connectivity index (χ0v) is 12.0. The van der Waals surface area contributed by atoms with Crippen LogP contribution < -0.4 is 0 Å². The zero-order valence-electron chi connectivity index (χ0n) is 12.0. The van der Waals surface area contributed by atoms with E-state index in [0.29, 0.717) is 18.3 Å². The van der Waals surface area contributed by atoms with Gasteiger partial charge in [0.05, 0.1) is 19.8 Å². The molecular formula is C15H26O4. The van der Waals surface area contributed by atoms with Gasteiger partial charge in [0, 0.05) is 12.2 Å². The van der Waals surface area contributed by atoms with Crippen LogP contribution in [0.3, 0.4) is 0 Å². The Hall–Kier alpha value is -0.870. The van der Waals surface area contributed by atoms with Crippen molar-refractivity contribution in [2.24, 2.45) is 0 Å². The summed E-state index contributed by atoms with van der Waals surface area (Å²) in [5, 5.41) is 0. The Morgan fingerprint density at radius 3 is 2.32 bits per heavy atom. The molecule has 110 valence electrons. The van der Waals surface area contributed by atoms with Crippen molar-refractivity contribution in [2.75, 3.05) is 26.4 Å². The molecule has 0 aromatic heterocycles. The van der Waals surface area contributed by atoms with Crippen LogP contribution >= 0.6 is 0 Å². The second-order valence-corrected chi connectivity index (χ2v) is 5.07. The molecule has 0 radical (unpaired) electrons. The molecule has 1 heterocycles. The van der Waals surface area contributed by atoms with Gasteiger partial charge >= 0.3 is 5.97 Å². The van der Waals surface area contributed by atoms with Crippen LogP contribution in [0.5, 0.6) is 0 Å². The molecule has 4 heteroatoms. The van der Waals surface area contributed by atoms with Gasteiger partial charge in [0.25, 0.3) is 0 Å². The van der Waals surface area contributed by atoms with Gasteiger partial charge in [-0.1, -0.05) is 32.3 Å². The van der Waals surface area contributed by atoms with E-state index in [4.69, 9.17) is 14.2 Å². The summed E-state index contributed by atoms with van der Waals surface area (Å²) >= 11 is 0. The molecule has 0 aromatic rings. The lowest BCUT2D eigenvalue weighted by molar-refractivity contribution is -0.139. The first kappa shape index (κ1) is 16.2. The molecule has 1 fully saturated rings. The summed E-state index contributed by atoms with van der Waals surface area (Å²) in [4.78, 5) is 11.1. The average Bonchev–Trinajstić information content (AvgIpc) is 3.19. The van der Waals surface area contributed by atoms with Crippen LogP contribution in [0.4, 0.5) is 0 Å². The number of hydrogen-bond donors (Lipinski definition) is 0. The standard InChI is InChI=1S/C15H26O4/c1-13(2)15(16)18-10-8-6-4-3-5-7-9-17-11-14-12-19-14/h14H,1,3-12H2,2H3. The molecule has 1 atom stereocenters. The Balaban J connectivity index is 1.71. The van der Waals surface area contributed by atoms with Crippen molar-refractivity contribution >= 4 is 5.97 Å². The molecule has 0 amide bonds. The lowest BCUT2D eigenvalue weighted by Gasteiger charge is -2.04. The van der Waals surface area contributed by atoms with Crippen LogP contribution in [0.15, 0.2) is 12.2 Å². The number of rotatable bonds is 12. The first-order chi connectivity index (χ1) is 9.20. The fourth-order valence-corrected chi connectivity index (χ4v) is 1.68. The fraction of sp³-hybridized carbons (Fsp3) is 0.800. The maximum atomic E-state index is 11.1. The topological polar surface area (TPSA) is 48.1 Å². The van der Waals surface area contributed by atoms with Crippen LogP contribution in [0.1, 0.15) is 45.4 Å². The number of epoxide rings is 1. The predicted molar refractivity (Wildman–Crippen MR) is 74.0 cm³/mol. The van der Waals surface area contributed by atoms with Crippen molar-refractivity contribution in [3.8, 4) is 0 Å². The molecular weight excluding hydrogens is 244 g/mol. The molecule has 0 aliphatic carbocycles. The van der Waals surface area contributed by atoms with Gasteiger partial charge in [-0.3, -0.25) is 0 Å². The molecule has 0 spiro atoms. The molecule has 1 saturated heterocycles. The summed E-state index contributed by atoms with van der Waals surface area (Å²) in [5.74, 6) is -0.281. The Morgan fingerprint density at radius 1 is 1.16 bits per heavy atom. The zero-order chi connectivity index (χ0) is 13.9. The Morgan fingerprint density at radius 2 is 1.74 bits per heavy atom. The quantitative estimate of drug-likeness (QED) is 0.237.